The van der Waals surface area contributed by atoms with Crippen molar-refractivity contribution in [2.24, 2.45) is 17.6 Å². The number of rotatable bonds is 9. The van der Waals surface area contributed by atoms with Gasteiger partial charge in [-0.25, -0.2) is 8.78 Å². The SMILES string of the molecule is C=CC1=CC=C(CCc2cc(F)c(C(C)/C(N)=C(\CCC)C3C=CC=CC3C)c(F)c2)CC1. The molecular formula is C30H37F2N. The normalized spacial score (nSPS) is 21.8. The van der Waals surface area contributed by atoms with Crippen LogP contribution in [0.3, 0.4) is 0 Å². The van der Waals surface area contributed by atoms with Crippen LogP contribution in [0.2, 0.25) is 0 Å². The molecule has 3 rings (SSSR count). The number of benzene rings is 1. The molecule has 0 saturated carbocycles. The van der Waals surface area contributed by atoms with Crippen LogP contribution >= 0.6 is 0 Å². The second-order valence-electron chi connectivity index (χ2n) is 9.35. The first-order chi connectivity index (χ1) is 15.8. The fourth-order valence-electron chi connectivity index (χ4n) is 4.93. The van der Waals surface area contributed by atoms with E-state index in [1.165, 1.54) is 23.3 Å². The summed E-state index contributed by atoms with van der Waals surface area (Å²) < 4.78 is 30.3. The Bertz CT molecular complexity index is 999. The smallest absolute Gasteiger partial charge is 0.130 e. The Morgan fingerprint density at radius 1 is 1.12 bits per heavy atom. The summed E-state index contributed by atoms with van der Waals surface area (Å²) in [5, 5.41) is 0. The van der Waals surface area contributed by atoms with Crippen LogP contribution in [0.4, 0.5) is 8.78 Å². The van der Waals surface area contributed by atoms with Gasteiger partial charge in [0.15, 0.2) is 0 Å². The van der Waals surface area contributed by atoms with Crippen molar-refractivity contribution in [3.8, 4) is 0 Å². The molecule has 0 heterocycles. The molecule has 3 heteroatoms. The van der Waals surface area contributed by atoms with Crippen LogP contribution in [-0.4, -0.2) is 0 Å². The van der Waals surface area contributed by atoms with Gasteiger partial charge in [-0.05, 0) is 66.9 Å². The highest BCUT2D eigenvalue weighted by atomic mass is 19.1. The van der Waals surface area contributed by atoms with Gasteiger partial charge in [-0.2, -0.15) is 0 Å². The van der Waals surface area contributed by atoms with E-state index in [1.807, 2.05) is 25.2 Å². The number of halogens is 2. The predicted molar refractivity (Wildman–Crippen MR) is 136 cm³/mol. The van der Waals surface area contributed by atoms with Crippen molar-refractivity contribution in [3.05, 3.63) is 106 Å². The number of aryl methyl sites for hydroxylation is 1. The second kappa shape index (κ2) is 11.4. The third-order valence-corrected chi connectivity index (χ3v) is 7.01. The molecular weight excluding hydrogens is 412 g/mol. The Balaban J connectivity index is 1.82. The Morgan fingerprint density at radius 3 is 2.39 bits per heavy atom. The number of nitrogens with two attached hydrogens (primary N) is 1. The van der Waals surface area contributed by atoms with Crippen molar-refractivity contribution in [2.45, 2.75) is 65.2 Å². The van der Waals surface area contributed by atoms with Gasteiger partial charge >= 0.3 is 0 Å². The van der Waals surface area contributed by atoms with Gasteiger partial charge < -0.3 is 5.73 Å². The summed E-state index contributed by atoms with van der Waals surface area (Å²) in [7, 11) is 0. The molecule has 2 aliphatic rings. The van der Waals surface area contributed by atoms with Crippen LogP contribution < -0.4 is 5.73 Å². The largest absolute Gasteiger partial charge is 0.402 e. The standard InChI is InChI=1S/C30H37F2N/c1-5-9-26(25-11-8-7-10-20(25)3)30(33)21(4)29-27(31)18-24(19-28(29)32)17-16-23-14-12-22(6-2)13-15-23/h6-8,10-12,14,18-21,25H,2,5,9,13,15-17,33H2,1,3-4H3/b30-26-. The zero-order chi connectivity index (χ0) is 24.0. The molecule has 0 amide bonds. The molecule has 1 aromatic rings. The van der Waals surface area contributed by atoms with Gasteiger partial charge in [-0.1, -0.05) is 81.9 Å². The van der Waals surface area contributed by atoms with Gasteiger partial charge in [0, 0.05) is 23.1 Å². The minimum Gasteiger partial charge on any atom is -0.402 e. The maximum absolute atomic E-state index is 15.2. The lowest BCUT2D eigenvalue weighted by Crippen LogP contribution is -2.21. The fraction of sp³-hybridized carbons (Fsp3) is 0.400. The first kappa shape index (κ1) is 25.0. The van der Waals surface area contributed by atoms with Crippen molar-refractivity contribution in [1.29, 1.82) is 0 Å². The lowest BCUT2D eigenvalue weighted by Gasteiger charge is -2.28. The molecule has 176 valence electrons. The molecule has 0 bridgehead atoms. The Hall–Kier alpha value is -2.68. The van der Waals surface area contributed by atoms with Crippen LogP contribution in [0.5, 0.6) is 0 Å². The molecule has 3 atom stereocenters. The van der Waals surface area contributed by atoms with Crippen molar-refractivity contribution >= 4 is 0 Å². The van der Waals surface area contributed by atoms with Gasteiger partial charge in [0.1, 0.15) is 11.6 Å². The first-order valence-electron chi connectivity index (χ1n) is 12.2. The van der Waals surface area contributed by atoms with E-state index in [4.69, 9.17) is 5.73 Å². The average molecular weight is 450 g/mol. The molecule has 33 heavy (non-hydrogen) atoms. The van der Waals surface area contributed by atoms with Gasteiger partial charge in [-0.15, -0.1) is 0 Å². The van der Waals surface area contributed by atoms with Crippen molar-refractivity contribution < 1.29 is 8.78 Å². The third kappa shape index (κ3) is 6.01. The quantitative estimate of drug-likeness (QED) is 0.404. The maximum Gasteiger partial charge on any atom is 0.130 e. The number of hydrogen-bond donors (Lipinski definition) is 1. The van der Waals surface area contributed by atoms with Gasteiger partial charge in [0.05, 0.1) is 0 Å². The zero-order valence-corrected chi connectivity index (χ0v) is 20.2. The van der Waals surface area contributed by atoms with Crippen molar-refractivity contribution in [1.82, 2.24) is 0 Å². The average Bonchev–Trinajstić information content (AvgIpc) is 2.81. The van der Waals surface area contributed by atoms with E-state index in [-0.39, 0.29) is 11.5 Å². The summed E-state index contributed by atoms with van der Waals surface area (Å²) in [4.78, 5) is 0. The van der Waals surface area contributed by atoms with Crippen molar-refractivity contribution in [3.63, 3.8) is 0 Å². The van der Waals surface area contributed by atoms with E-state index in [1.54, 1.807) is 0 Å². The summed E-state index contributed by atoms with van der Waals surface area (Å²) >= 11 is 0. The van der Waals surface area contributed by atoms with Gasteiger partial charge in [-0.3, -0.25) is 0 Å². The lowest BCUT2D eigenvalue weighted by molar-refractivity contribution is 0.523. The van der Waals surface area contributed by atoms with E-state index in [0.29, 0.717) is 23.6 Å². The highest BCUT2D eigenvalue weighted by Gasteiger charge is 2.26. The summed E-state index contributed by atoms with van der Waals surface area (Å²) in [6, 6.07) is 2.98. The number of hydrogen-bond acceptors (Lipinski definition) is 1. The van der Waals surface area contributed by atoms with E-state index in [0.717, 1.165) is 37.7 Å². The summed E-state index contributed by atoms with van der Waals surface area (Å²) in [6.07, 6.45) is 19.6. The molecule has 0 radical (unpaired) electrons. The molecule has 1 nitrogen and oxygen atoms in total. The van der Waals surface area contributed by atoms with Gasteiger partial charge in [0.2, 0.25) is 0 Å². The van der Waals surface area contributed by atoms with Gasteiger partial charge in [0.25, 0.3) is 0 Å². The van der Waals surface area contributed by atoms with Crippen LogP contribution in [0.25, 0.3) is 0 Å². The second-order valence-corrected chi connectivity index (χ2v) is 9.35. The van der Waals surface area contributed by atoms with Crippen LogP contribution in [0.1, 0.15) is 69.9 Å². The topological polar surface area (TPSA) is 26.0 Å². The highest BCUT2D eigenvalue weighted by Crippen LogP contribution is 2.36. The Morgan fingerprint density at radius 2 is 1.82 bits per heavy atom. The lowest BCUT2D eigenvalue weighted by atomic mass is 9.78. The molecule has 0 spiro atoms. The minimum atomic E-state index is -0.518. The zero-order valence-electron chi connectivity index (χ0n) is 20.2. The molecule has 1 aromatic carbocycles. The van der Waals surface area contributed by atoms with E-state index in [2.05, 4.69) is 44.7 Å². The highest BCUT2D eigenvalue weighted by molar-refractivity contribution is 5.38. The maximum atomic E-state index is 15.2. The van der Waals surface area contributed by atoms with E-state index >= 15 is 8.78 Å². The minimum absolute atomic E-state index is 0.0725. The molecule has 0 aliphatic heterocycles. The molecule has 3 unspecified atom stereocenters. The molecule has 0 saturated heterocycles. The van der Waals surface area contributed by atoms with Crippen molar-refractivity contribution in [2.75, 3.05) is 0 Å². The van der Waals surface area contributed by atoms with E-state index in [9.17, 15) is 0 Å². The molecule has 0 fully saturated rings. The molecule has 0 aromatic heterocycles. The summed E-state index contributed by atoms with van der Waals surface area (Å²) in [5.74, 6) is -1.05. The van der Waals surface area contributed by atoms with E-state index < -0.39 is 17.6 Å². The first-order valence-corrected chi connectivity index (χ1v) is 12.2. The van der Waals surface area contributed by atoms with Crippen LogP contribution in [-0.2, 0) is 6.42 Å². The summed E-state index contributed by atoms with van der Waals surface area (Å²) in [5.41, 5.74) is 11.6. The predicted octanol–water partition coefficient (Wildman–Crippen LogP) is 8.22. The third-order valence-electron chi connectivity index (χ3n) is 7.01. The van der Waals surface area contributed by atoms with Crippen LogP contribution in [0, 0.1) is 23.5 Å². The van der Waals surface area contributed by atoms with Crippen LogP contribution in [0.15, 0.2) is 83.7 Å². The number of allylic oxidation sites excluding steroid dienone is 11. The summed E-state index contributed by atoms with van der Waals surface area (Å²) in [6.45, 7) is 9.89. The Labute approximate surface area is 198 Å². The molecule has 2 aliphatic carbocycles. The monoisotopic (exact) mass is 449 g/mol. The Kier molecular flexibility index (Phi) is 8.66. The fourth-order valence-corrected chi connectivity index (χ4v) is 4.93. The molecule has 2 N–H and O–H groups in total.